The molecular formula is C14H11F4NO. The first-order valence-corrected chi connectivity index (χ1v) is 5.72. The molecule has 2 rings (SSSR count). The van der Waals surface area contributed by atoms with Gasteiger partial charge in [0, 0.05) is 5.56 Å². The molecule has 0 saturated heterocycles. The van der Waals surface area contributed by atoms with Crippen molar-refractivity contribution in [2.45, 2.75) is 12.4 Å². The molecule has 0 saturated carbocycles. The molecule has 0 aliphatic carbocycles. The van der Waals surface area contributed by atoms with E-state index in [1.165, 1.54) is 30.3 Å². The molecule has 0 heterocycles. The molecule has 0 aromatic heterocycles. The summed E-state index contributed by atoms with van der Waals surface area (Å²) in [6.07, 6.45) is -4.74. The number of rotatable bonds is 3. The maximum atomic E-state index is 13.6. The van der Waals surface area contributed by atoms with Crippen molar-refractivity contribution in [1.82, 2.24) is 0 Å². The molecule has 0 spiro atoms. The molecule has 0 aliphatic rings. The van der Waals surface area contributed by atoms with Gasteiger partial charge < -0.3 is 10.5 Å². The highest BCUT2D eigenvalue weighted by Crippen LogP contribution is 2.26. The second-order valence-electron chi connectivity index (χ2n) is 4.12. The van der Waals surface area contributed by atoms with Crippen molar-refractivity contribution in [3.63, 3.8) is 0 Å². The van der Waals surface area contributed by atoms with Crippen LogP contribution >= 0.6 is 0 Å². The summed E-state index contributed by atoms with van der Waals surface area (Å²) in [6, 6.07) is 10.3. The average molecular weight is 285 g/mol. The van der Waals surface area contributed by atoms with Crippen LogP contribution in [0, 0.1) is 5.82 Å². The minimum Gasteiger partial charge on any atom is -0.406 e. The van der Waals surface area contributed by atoms with Crippen LogP contribution < -0.4 is 10.5 Å². The number of nitrogens with two attached hydrogens (primary N) is 1. The summed E-state index contributed by atoms with van der Waals surface area (Å²) in [5, 5.41) is 0. The minimum absolute atomic E-state index is 0.275. The number of ether oxygens (including phenoxy) is 1. The monoisotopic (exact) mass is 285 g/mol. The van der Waals surface area contributed by atoms with E-state index in [4.69, 9.17) is 5.73 Å². The van der Waals surface area contributed by atoms with E-state index in [2.05, 4.69) is 4.74 Å². The zero-order chi connectivity index (χ0) is 14.8. The van der Waals surface area contributed by atoms with Crippen LogP contribution in [0.5, 0.6) is 5.75 Å². The van der Waals surface area contributed by atoms with Gasteiger partial charge in [-0.3, -0.25) is 0 Å². The van der Waals surface area contributed by atoms with Crippen LogP contribution in [-0.2, 0) is 0 Å². The van der Waals surface area contributed by atoms with Crippen LogP contribution in [0.2, 0.25) is 0 Å². The van der Waals surface area contributed by atoms with Gasteiger partial charge in [-0.1, -0.05) is 30.3 Å². The third-order valence-corrected chi connectivity index (χ3v) is 2.71. The van der Waals surface area contributed by atoms with Crippen molar-refractivity contribution < 1.29 is 22.3 Å². The van der Waals surface area contributed by atoms with Crippen molar-refractivity contribution in [2.75, 3.05) is 0 Å². The first kappa shape index (κ1) is 14.3. The van der Waals surface area contributed by atoms with Gasteiger partial charge in [-0.05, 0) is 23.8 Å². The molecule has 1 atom stereocenters. The van der Waals surface area contributed by atoms with Crippen molar-refractivity contribution in [3.8, 4) is 5.75 Å². The lowest BCUT2D eigenvalue weighted by atomic mass is 9.99. The molecule has 2 nitrogen and oxygen atoms in total. The quantitative estimate of drug-likeness (QED) is 0.871. The summed E-state index contributed by atoms with van der Waals surface area (Å²) in [4.78, 5) is 0. The number of benzene rings is 2. The SMILES string of the molecule is N[C@@H](c1ccc(OC(F)(F)F)cc1)c1ccccc1F. The van der Waals surface area contributed by atoms with Gasteiger partial charge in [0.05, 0.1) is 6.04 Å². The van der Waals surface area contributed by atoms with Crippen LogP contribution in [0.25, 0.3) is 0 Å². The van der Waals surface area contributed by atoms with E-state index < -0.39 is 18.2 Å². The number of halogens is 4. The Morgan fingerprint density at radius 2 is 1.55 bits per heavy atom. The predicted molar refractivity (Wildman–Crippen MR) is 65.6 cm³/mol. The van der Waals surface area contributed by atoms with Crippen LogP contribution in [0.1, 0.15) is 17.2 Å². The highest BCUT2D eigenvalue weighted by atomic mass is 19.4. The Kier molecular flexibility index (Phi) is 3.94. The average Bonchev–Trinajstić information content (AvgIpc) is 2.37. The van der Waals surface area contributed by atoms with Crippen LogP contribution in [0.4, 0.5) is 17.6 Å². The lowest BCUT2D eigenvalue weighted by Gasteiger charge is -2.14. The third kappa shape index (κ3) is 3.48. The Hall–Kier alpha value is -2.08. The second-order valence-corrected chi connectivity index (χ2v) is 4.12. The molecule has 2 aromatic carbocycles. The summed E-state index contributed by atoms with van der Waals surface area (Å²) in [5.41, 5.74) is 6.66. The maximum Gasteiger partial charge on any atom is 0.573 e. The maximum absolute atomic E-state index is 13.6. The van der Waals surface area contributed by atoms with Gasteiger partial charge in [-0.25, -0.2) is 4.39 Å². The van der Waals surface area contributed by atoms with Crippen LogP contribution in [-0.4, -0.2) is 6.36 Å². The fourth-order valence-corrected chi connectivity index (χ4v) is 1.78. The standard InChI is InChI=1S/C14H11F4NO/c15-12-4-2-1-3-11(12)13(19)9-5-7-10(8-6-9)20-14(16,17)18/h1-8,13H,19H2/t13-/m0/s1. The van der Waals surface area contributed by atoms with Crippen molar-refractivity contribution in [2.24, 2.45) is 5.73 Å². The Labute approximate surface area is 112 Å². The summed E-state index contributed by atoms with van der Waals surface area (Å²) in [6.45, 7) is 0. The smallest absolute Gasteiger partial charge is 0.406 e. The molecule has 0 unspecified atom stereocenters. The highest BCUT2D eigenvalue weighted by molar-refractivity contribution is 5.35. The minimum atomic E-state index is -4.74. The fraction of sp³-hybridized carbons (Fsp3) is 0.143. The van der Waals surface area contributed by atoms with E-state index in [1.807, 2.05) is 0 Å². The van der Waals surface area contributed by atoms with E-state index in [0.717, 1.165) is 12.1 Å². The molecule has 6 heteroatoms. The third-order valence-electron chi connectivity index (χ3n) is 2.71. The summed E-state index contributed by atoms with van der Waals surface area (Å²) in [7, 11) is 0. The lowest BCUT2D eigenvalue weighted by Crippen LogP contribution is -2.17. The Bertz CT molecular complexity index is 580. The molecule has 0 bridgehead atoms. The fourth-order valence-electron chi connectivity index (χ4n) is 1.78. The first-order valence-electron chi connectivity index (χ1n) is 5.72. The molecule has 0 fully saturated rings. The normalized spacial score (nSPS) is 13.1. The van der Waals surface area contributed by atoms with Gasteiger partial charge >= 0.3 is 6.36 Å². The van der Waals surface area contributed by atoms with Crippen LogP contribution in [0.15, 0.2) is 48.5 Å². The van der Waals surface area contributed by atoms with Crippen molar-refractivity contribution in [1.29, 1.82) is 0 Å². The Morgan fingerprint density at radius 1 is 0.950 bits per heavy atom. The lowest BCUT2D eigenvalue weighted by molar-refractivity contribution is -0.274. The Morgan fingerprint density at radius 3 is 2.10 bits per heavy atom. The predicted octanol–water partition coefficient (Wildman–Crippen LogP) is 3.77. The second kappa shape index (κ2) is 5.50. The zero-order valence-electron chi connectivity index (χ0n) is 10.2. The zero-order valence-corrected chi connectivity index (χ0v) is 10.2. The Balaban J connectivity index is 2.20. The van der Waals surface area contributed by atoms with Gasteiger partial charge in [0.25, 0.3) is 0 Å². The molecule has 2 N–H and O–H groups in total. The van der Waals surface area contributed by atoms with Crippen molar-refractivity contribution >= 4 is 0 Å². The summed E-state index contributed by atoms with van der Waals surface area (Å²) in [5.74, 6) is -0.808. The topological polar surface area (TPSA) is 35.2 Å². The van der Waals surface area contributed by atoms with E-state index >= 15 is 0 Å². The van der Waals surface area contributed by atoms with Gasteiger partial charge in [0.1, 0.15) is 11.6 Å². The van der Waals surface area contributed by atoms with E-state index in [0.29, 0.717) is 5.56 Å². The molecule has 106 valence electrons. The largest absolute Gasteiger partial charge is 0.573 e. The van der Waals surface area contributed by atoms with E-state index in [-0.39, 0.29) is 11.3 Å². The molecule has 0 amide bonds. The van der Waals surface area contributed by atoms with Gasteiger partial charge in [-0.2, -0.15) is 0 Å². The van der Waals surface area contributed by atoms with Crippen LogP contribution in [0.3, 0.4) is 0 Å². The van der Waals surface area contributed by atoms with Gasteiger partial charge in [0.15, 0.2) is 0 Å². The van der Waals surface area contributed by atoms with E-state index in [1.54, 1.807) is 6.07 Å². The summed E-state index contributed by atoms with van der Waals surface area (Å²) >= 11 is 0. The molecule has 0 radical (unpaired) electrons. The molecule has 2 aromatic rings. The first-order chi connectivity index (χ1) is 9.37. The number of hydrogen-bond donors (Lipinski definition) is 1. The number of alkyl halides is 3. The highest BCUT2D eigenvalue weighted by Gasteiger charge is 2.31. The molecule has 20 heavy (non-hydrogen) atoms. The summed E-state index contributed by atoms with van der Waals surface area (Å²) < 4.78 is 53.4. The molecular weight excluding hydrogens is 274 g/mol. The van der Waals surface area contributed by atoms with Gasteiger partial charge in [-0.15, -0.1) is 13.2 Å². The number of hydrogen-bond acceptors (Lipinski definition) is 2. The van der Waals surface area contributed by atoms with E-state index in [9.17, 15) is 17.6 Å². The van der Waals surface area contributed by atoms with Crippen molar-refractivity contribution in [3.05, 3.63) is 65.5 Å². The molecule has 0 aliphatic heterocycles. The van der Waals surface area contributed by atoms with Gasteiger partial charge in [0.2, 0.25) is 0 Å².